The fourth-order valence-corrected chi connectivity index (χ4v) is 2.10. The number of hydrogen-bond acceptors (Lipinski definition) is 4. The number of nitrogens with zero attached hydrogens (tertiary/aromatic N) is 1. The molecule has 0 amide bonds. The van der Waals surface area contributed by atoms with Crippen LogP contribution in [-0.4, -0.2) is 56.9 Å². The second-order valence-electron chi connectivity index (χ2n) is 4.91. The summed E-state index contributed by atoms with van der Waals surface area (Å²) in [5.41, 5.74) is 7.01. The standard InChI is InChI=1S/C12H25N3O/c1-11(2)8-16-7-5-14-12(9-13)4-6-15(3)10-12/h14H,1,4-10,13H2,2-3H3. The molecule has 0 radical (unpaired) electrons. The van der Waals surface area contributed by atoms with Gasteiger partial charge in [0.2, 0.25) is 0 Å². The summed E-state index contributed by atoms with van der Waals surface area (Å²) in [5.74, 6) is 0. The molecule has 4 nitrogen and oxygen atoms in total. The molecule has 4 heteroatoms. The van der Waals surface area contributed by atoms with Crippen LogP contribution in [0.15, 0.2) is 12.2 Å². The van der Waals surface area contributed by atoms with E-state index in [1.807, 2.05) is 6.92 Å². The zero-order valence-corrected chi connectivity index (χ0v) is 10.6. The van der Waals surface area contributed by atoms with E-state index in [1.165, 1.54) is 0 Å². The summed E-state index contributed by atoms with van der Waals surface area (Å²) >= 11 is 0. The van der Waals surface area contributed by atoms with E-state index in [2.05, 4.69) is 23.8 Å². The summed E-state index contributed by atoms with van der Waals surface area (Å²) in [7, 11) is 2.14. The van der Waals surface area contributed by atoms with E-state index >= 15 is 0 Å². The van der Waals surface area contributed by atoms with Crippen molar-refractivity contribution in [1.29, 1.82) is 0 Å². The third-order valence-electron chi connectivity index (χ3n) is 3.03. The van der Waals surface area contributed by atoms with Crippen molar-refractivity contribution in [2.75, 3.05) is 46.4 Å². The molecule has 0 aromatic heterocycles. The van der Waals surface area contributed by atoms with Crippen molar-refractivity contribution in [2.24, 2.45) is 5.73 Å². The SMILES string of the molecule is C=C(C)COCCNC1(CN)CCN(C)C1. The monoisotopic (exact) mass is 227 g/mol. The Morgan fingerprint density at radius 1 is 1.62 bits per heavy atom. The summed E-state index contributed by atoms with van der Waals surface area (Å²) in [5, 5.41) is 3.53. The van der Waals surface area contributed by atoms with Gasteiger partial charge < -0.3 is 20.7 Å². The lowest BCUT2D eigenvalue weighted by atomic mass is 9.99. The number of likely N-dealkylation sites (tertiary alicyclic amines) is 1. The fourth-order valence-electron chi connectivity index (χ4n) is 2.10. The Labute approximate surface area is 98.8 Å². The van der Waals surface area contributed by atoms with Crippen molar-refractivity contribution in [3.8, 4) is 0 Å². The first-order valence-electron chi connectivity index (χ1n) is 5.94. The average molecular weight is 227 g/mol. The molecule has 94 valence electrons. The quantitative estimate of drug-likeness (QED) is 0.482. The number of hydrogen-bond donors (Lipinski definition) is 2. The predicted octanol–water partition coefficient (Wildman–Crippen LogP) is 0.202. The van der Waals surface area contributed by atoms with Crippen molar-refractivity contribution >= 4 is 0 Å². The summed E-state index contributed by atoms with van der Waals surface area (Å²) in [6, 6.07) is 0. The van der Waals surface area contributed by atoms with E-state index in [4.69, 9.17) is 10.5 Å². The molecule has 1 aliphatic rings. The van der Waals surface area contributed by atoms with E-state index in [-0.39, 0.29) is 5.54 Å². The Balaban J connectivity index is 2.17. The molecule has 0 bridgehead atoms. The number of nitrogens with one attached hydrogen (secondary N) is 1. The van der Waals surface area contributed by atoms with E-state index in [1.54, 1.807) is 0 Å². The molecule has 1 fully saturated rings. The highest BCUT2D eigenvalue weighted by atomic mass is 16.5. The van der Waals surface area contributed by atoms with Crippen LogP contribution < -0.4 is 11.1 Å². The molecule has 1 rings (SSSR count). The van der Waals surface area contributed by atoms with E-state index < -0.39 is 0 Å². The normalized spacial score (nSPS) is 26.2. The lowest BCUT2D eigenvalue weighted by Gasteiger charge is -2.28. The van der Waals surface area contributed by atoms with E-state index in [9.17, 15) is 0 Å². The molecule has 0 spiro atoms. The van der Waals surface area contributed by atoms with Crippen molar-refractivity contribution in [2.45, 2.75) is 18.9 Å². The number of likely N-dealkylation sites (N-methyl/N-ethyl adjacent to an activating group) is 1. The minimum atomic E-state index is 0.0985. The van der Waals surface area contributed by atoms with Crippen molar-refractivity contribution in [1.82, 2.24) is 10.2 Å². The molecule has 1 aliphatic heterocycles. The van der Waals surface area contributed by atoms with Crippen molar-refractivity contribution in [3.63, 3.8) is 0 Å². The summed E-state index contributed by atoms with van der Waals surface area (Å²) in [4.78, 5) is 2.31. The first-order chi connectivity index (χ1) is 7.58. The van der Waals surface area contributed by atoms with Gasteiger partial charge in [0, 0.05) is 25.2 Å². The fraction of sp³-hybridized carbons (Fsp3) is 0.833. The van der Waals surface area contributed by atoms with Crippen LogP contribution in [0.4, 0.5) is 0 Å². The Hall–Kier alpha value is -0.420. The highest BCUT2D eigenvalue weighted by molar-refractivity contribution is 4.97. The first kappa shape index (κ1) is 13.6. The summed E-state index contributed by atoms with van der Waals surface area (Å²) in [6.07, 6.45) is 1.13. The Kier molecular flexibility index (Phi) is 5.41. The van der Waals surface area contributed by atoms with Gasteiger partial charge in [-0.1, -0.05) is 12.2 Å². The largest absolute Gasteiger partial charge is 0.376 e. The van der Waals surface area contributed by atoms with Gasteiger partial charge in [0.05, 0.1) is 13.2 Å². The molecule has 0 aliphatic carbocycles. The van der Waals surface area contributed by atoms with Gasteiger partial charge in [0.1, 0.15) is 0 Å². The molecule has 3 N–H and O–H groups in total. The molecular weight excluding hydrogens is 202 g/mol. The number of nitrogens with two attached hydrogens (primary N) is 1. The topological polar surface area (TPSA) is 50.5 Å². The molecule has 1 heterocycles. The minimum absolute atomic E-state index is 0.0985. The molecule has 16 heavy (non-hydrogen) atoms. The number of rotatable bonds is 7. The van der Waals surface area contributed by atoms with Gasteiger partial charge in [-0.25, -0.2) is 0 Å². The zero-order chi connectivity index (χ0) is 12.0. The first-order valence-corrected chi connectivity index (χ1v) is 5.94. The maximum absolute atomic E-state index is 5.85. The Bertz CT molecular complexity index is 232. The van der Waals surface area contributed by atoms with Gasteiger partial charge in [-0.2, -0.15) is 0 Å². The van der Waals surface area contributed by atoms with Gasteiger partial charge in [-0.05, 0) is 26.9 Å². The van der Waals surface area contributed by atoms with Crippen LogP contribution >= 0.6 is 0 Å². The van der Waals surface area contributed by atoms with E-state index in [0.29, 0.717) is 13.2 Å². The van der Waals surface area contributed by atoms with Crippen LogP contribution in [0.5, 0.6) is 0 Å². The smallest absolute Gasteiger partial charge is 0.0672 e. The second kappa shape index (κ2) is 6.35. The van der Waals surface area contributed by atoms with Crippen molar-refractivity contribution < 1.29 is 4.74 Å². The molecule has 0 saturated carbocycles. The summed E-state index contributed by atoms with van der Waals surface area (Å²) in [6.45, 7) is 10.8. The minimum Gasteiger partial charge on any atom is -0.376 e. The Morgan fingerprint density at radius 2 is 2.38 bits per heavy atom. The third kappa shape index (κ3) is 4.22. The average Bonchev–Trinajstić information content (AvgIpc) is 2.60. The summed E-state index contributed by atoms with van der Waals surface area (Å²) < 4.78 is 5.45. The third-order valence-corrected chi connectivity index (χ3v) is 3.03. The molecule has 0 aromatic rings. The molecule has 1 unspecified atom stereocenters. The van der Waals surface area contributed by atoms with Gasteiger partial charge in [0.15, 0.2) is 0 Å². The molecule has 1 atom stereocenters. The maximum atomic E-state index is 5.85. The van der Waals surface area contributed by atoms with Crippen LogP contribution in [0.3, 0.4) is 0 Å². The van der Waals surface area contributed by atoms with E-state index in [0.717, 1.165) is 38.2 Å². The molecule has 1 saturated heterocycles. The lowest BCUT2D eigenvalue weighted by molar-refractivity contribution is 0.148. The van der Waals surface area contributed by atoms with Gasteiger partial charge in [0.25, 0.3) is 0 Å². The van der Waals surface area contributed by atoms with Gasteiger partial charge in [-0.15, -0.1) is 0 Å². The van der Waals surface area contributed by atoms with Crippen LogP contribution in [0.2, 0.25) is 0 Å². The van der Waals surface area contributed by atoms with Gasteiger partial charge >= 0.3 is 0 Å². The number of ether oxygens (including phenoxy) is 1. The Morgan fingerprint density at radius 3 is 2.88 bits per heavy atom. The second-order valence-corrected chi connectivity index (χ2v) is 4.91. The maximum Gasteiger partial charge on any atom is 0.0672 e. The molecule has 0 aromatic carbocycles. The molecular formula is C12H25N3O. The van der Waals surface area contributed by atoms with Crippen LogP contribution in [0, 0.1) is 0 Å². The zero-order valence-electron chi connectivity index (χ0n) is 10.6. The van der Waals surface area contributed by atoms with Crippen LogP contribution in [0.25, 0.3) is 0 Å². The van der Waals surface area contributed by atoms with Crippen LogP contribution in [0.1, 0.15) is 13.3 Å². The van der Waals surface area contributed by atoms with Crippen LogP contribution in [-0.2, 0) is 4.74 Å². The lowest BCUT2D eigenvalue weighted by Crippen LogP contribution is -2.53. The van der Waals surface area contributed by atoms with Gasteiger partial charge in [-0.3, -0.25) is 0 Å². The highest BCUT2D eigenvalue weighted by Gasteiger charge is 2.34. The predicted molar refractivity (Wildman–Crippen MR) is 67.5 cm³/mol. The van der Waals surface area contributed by atoms with Crippen molar-refractivity contribution in [3.05, 3.63) is 12.2 Å². The highest BCUT2D eigenvalue weighted by Crippen LogP contribution is 2.18.